The van der Waals surface area contributed by atoms with Crippen molar-refractivity contribution in [2.45, 2.75) is 6.92 Å². The Balaban J connectivity index is 1.52. The van der Waals surface area contributed by atoms with Crippen LogP contribution in [0.2, 0.25) is 0 Å². The van der Waals surface area contributed by atoms with Crippen LogP contribution in [0, 0.1) is 10.1 Å². The fourth-order valence-electron chi connectivity index (χ4n) is 3.39. The van der Waals surface area contributed by atoms with Crippen molar-refractivity contribution >= 4 is 34.0 Å². The van der Waals surface area contributed by atoms with Crippen molar-refractivity contribution in [3.63, 3.8) is 0 Å². The lowest BCUT2D eigenvalue weighted by molar-refractivity contribution is -0.384. The average Bonchev–Trinajstić information content (AvgIpc) is 3.51. The maximum Gasteiger partial charge on any atom is 0.308 e. The summed E-state index contributed by atoms with van der Waals surface area (Å²) >= 11 is 1.11. The molecule has 0 N–H and O–H groups in total. The first kappa shape index (κ1) is 21.2. The lowest BCUT2D eigenvalue weighted by Crippen LogP contribution is -2.23. The Labute approximate surface area is 194 Å². The number of benzene rings is 2. The molecular formula is C23H14N4O6S. The summed E-state index contributed by atoms with van der Waals surface area (Å²) in [4.78, 5) is 39.8. The van der Waals surface area contributed by atoms with Crippen LogP contribution >= 0.6 is 11.3 Å². The van der Waals surface area contributed by atoms with Gasteiger partial charge in [0, 0.05) is 19.1 Å². The van der Waals surface area contributed by atoms with E-state index in [0.29, 0.717) is 37.9 Å². The number of carbonyl (C=O) groups excluding carboxylic acids is 1. The lowest BCUT2D eigenvalue weighted by atomic mass is 10.1. The van der Waals surface area contributed by atoms with Gasteiger partial charge in [0.05, 0.1) is 16.1 Å². The third-order valence-corrected chi connectivity index (χ3v) is 5.79. The first-order chi connectivity index (χ1) is 16.4. The minimum absolute atomic E-state index is 0.0757. The smallest absolute Gasteiger partial charge is 0.308 e. The molecule has 0 atom stereocenters. The maximum absolute atomic E-state index is 12.9. The molecule has 2 aromatic carbocycles. The van der Waals surface area contributed by atoms with Crippen LogP contribution in [-0.2, 0) is 4.79 Å². The van der Waals surface area contributed by atoms with Crippen molar-refractivity contribution in [3.8, 4) is 28.5 Å². The Morgan fingerprint density at radius 2 is 1.85 bits per heavy atom. The van der Waals surface area contributed by atoms with Gasteiger partial charge in [0.25, 0.3) is 11.2 Å². The van der Waals surface area contributed by atoms with Crippen LogP contribution in [0.3, 0.4) is 0 Å². The molecule has 0 fully saturated rings. The van der Waals surface area contributed by atoms with Gasteiger partial charge in [0.2, 0.25) is 4.96 Å². The van der Waals surface area contributed by atoms with Gasteiger partial charge in [0.1, 0.15) is 21.8 Å². The number of nitro groups is 1. The Morgan fingerprint density at radius 1 is 1.12 bits per heavy atom. The number of hydrogen-bond donors (Lipinski definition) is 0. The van der Waals surface area contributed by atoms with E-state index in [1.807, 2.05) is 0 Å². The molecule has 168 valence electrons. The summed E-state index contributed by atoms with van der Waals surface area (Å²) in [6.45, 7) is 1.30. The molecular weight excluding hydrogens is 460 g/mol. The minimum Gasteiger partial charge on any atom is -0.456 e. The highest BCUT2D eigenvalue weighted by Crippen LogP contribution is 2.31. The van der Waals surface area contributed by atoms with Gasteiger partial charge in [-0.3, -0.25) is 19.7 Å². The summed E-state index contributed by atoms with van der Waals surface area (Å²) in [6, 6.07) is 16.3. The molecule has 3 heterocycles. The van der Waals surface area contributed by atoms with Gasteiger partial charge < -0.3 is 9.15 Å². The zero-order valence-corrected chi connectivity index (χ0v) is 18.3. The fourth-order valence-corrected chi connectivity index (χ4v) is 4.28. The maximum atomic E-state index is 12.9. The summed E-state index contributed by atoms with van der Waals surface area (Å²) in [5.41, 5.74) is 0.354. The standard InChI is InChI=1S/C23H14N4O6S/c1-13(28)32-18-9-5-3-7-16(18)21-24-23-26(25-21)22(29)20(34-23)12-14-10-11-19(33-14)15-6-2-4-8-17(15)27(30)31/h2-12H,1H3. The third-order valence-electron chi connectivity index (χ3n) is 4.83. The Bertz CT molecular complexity index is 1680. The SMILES string of the molecule is CC(=O)Oc1ccccc1-c1nc2sc(=Cc3ccc(-c4ccccc4[N+](=O)[O-])o3)c(=O)n2n1. The number of ether oxygens (including phenoxy) is 1. The van der Waals surface area contributed by atoms with Crippen molar-refractivity contribution in [1.29, 1.82) is 0 Å². The van der Waals surface area contributed by atoms with Crippen molar-refractivity contribution in [2.24, 2.45) is 0 Å². The molecule has 0 saturated carbocycles. The molecule has 11 heteroatoms. The molecule has 0 amide bonds. The molecule has 0 aliphatic carbocycles. The monoisotopic (exact) mass is 474 g/mol. The average molecular weight is 474 g/mol. The van der Waals surface area contributed by atoms with Crippen LogP contribution in [0.15, 0.2) is 69.9 Å². The zero-order chi connectivity index (χ0) is 23.8. The largest absolute Gasteiger partial charge is 0.456 e. The molecule has 0 radical (unpaired) electrons. The number of fused-ring (bicyclic) bond motifs is 1. The number of rotatable bonds is 5. The molecule has 3 aromatic heterocycles. The molecule has 0 aliphatic heterocycles. The first-order valence-corrected chi connectivity index (χ1v) is 10.7. The number of thiazole rings is 1. The number of esters is 1. The van der Waals surface area contributed by atoms with Crippen LogP contribution in [0.4, 0.5) is 5.69 Å². The molecule has 34 heavy (non-hydrogen) atoms. The van der Waals surface area contributed by atoms with E-state index in [-0.39, 0.29) is 11.5 Å². The van der Waals surface area contributed by atoms with E-state index in [2.05, 4.69) is 10.1 Å². The number of carbonyl (C=O) groups is 1. The molecule has 0 unspecified atom stereocenters. The highest BCUT2D eigenvalue weighted by Gasteiger charge is 2.18. The summed E-state index contributed by atoms with van der Waals surface area (Å²) in [5.74, 6) is 0.743. The Hall–Kier alpha value is -4.64. The van der Waals surface area contributed by atoms with Gasteiger partial charge in [0.15, 0.2) is 5.82 Å². The molecule has 0 saturated heterocycles. The zero-order valence-electron chi connectivity index (χ0n) is 17.5. The fraction of sp³-hybridized carbons (Fsp3) is 0.0435. The first-order valence-electron chi connectivity index (χ1n) is 9.93. The molecule has 0 bridgehead atoms. The normalized spacial score (nSPS) is 11.7. The minimum atomic E-state index is -0.478. The summed E-state index contributed by atoms with van der Waals surface area (Å²) in [6.07, 6.45) is 1.54. The molecule has 0 spiro atoms. The number of hydrogen-bond acceptors (Lipinski definition) is 9. The number of para-hydroxylation sites is 2. The molecule has 5 rings (SSSR count). The van der Waals surface area contributed by atoms with Gasteiger partial charge in [-0.15, -0.1) is 5.10 Å². The van der Waals surface area contributed by atoms with Crippen LogP contribution < -0.4 is 14.8 Å². The topological polar surface area (TPSA) is 130 Å². The van der Waals surface area contributed by atoms with E-state index in [0.717, 1.165) is 11.3 Å². The summed E-state index contributed by atoms with van der Waals surface area (Å²) < 4.78 is 12.5. The highest BCUT2D eigenvalue weighted by molar-refractivity contribution is 7.15. The van der Waals surface area contributed by atoms with Crippen LogP contribution in [0.25, 0.3) is 33.7 Å². The quantitative estimate of drug-likeness (QED) is 0.164. The number of nitro benzene ring substituents is 1. The van der Waals surface area contributed by atoms with Crippen LogP contribution in [0.1, 0.15) is 12.7 Å². The Kier molecular flexibility index (Phi) is 5.22. The van der Waals surface area contributed by atoms with Crippen LogP contribution in [0.5, 0.6) is 5.75 Å². The van der Waals surface area contributed by atoms with E-state index in [1.165, 1.54) is 23.6 Å². The van der Waals surface area contributed by atoms with E-state index in [1.54, 1.807) is 54.6 Å². The molecule has 5 aromatic rings. The van der Waals surface area contributed by atoms with E-state index < -0.39 is 16.5 Å². The second kappa shape index (κ2) is 8.37. The van der Waals surface area contributed by atoms with E-state index >= 15 is 0 Å². The summed E-state index contributed by atoms with van der Waals surface area (Å²) in [5, 5.41) is 15.6. The predicted octanol–water partition coefficient (Wildman–Crippen LogP) is 3.46. The second-order valence-corrected chi connectivity index (χ2v) is 8.12. The predicted molar refractivity (Wildman–Crippen MR) is 123 cm³/mol. The van der Waals surface area contributed by atoms with E-state index in [9.17, 15) is 19.7 Å². The van der Waals surface area contributed by atoms with Gasteiger partial charge in [-0.05, 0) is 30.3 Å². The van der Waals surface area contributed by atoms with Crippen molar-refractivity contribution in [2.75, 3.05) is 0 Å². The van der Waals surface area contributed by atoms with Crippen molar-refractivity contribution < 1.29 is 18.9 Å². The van der Waals surface area contributed by atoms with Crippen LogP contribution in [-0.4, -0.2) is 25.5 Å². The molecule has 10 nitrogen and oxygen atoms in total. The van der Waals surface area contributed by atoms with Gasteiger partial charge >= 0.3 is 5.97 Å². The summed E-state index contributed by atoms with van der Waals surface area (Å²) in [7, 11) is 0. The number of furan rings is 1. The highest BCUT2D eigenvalue weighted by atomic mass is 32.1. The van der Waals surface area contributed by atoms with Gasteiger partial charge in [-0.1, -0.05) is 35.6 Å². The van der Waals surface area contributed by atoms with Crippen molar-refractivity contribution in [1.82, 2.24) is 14.6 Å². The number of nitrogens with zero attached hydrogens (tertiary/aromatic N) is 4. The molecule has 0 aliphatic rings. The Morgan fingerprint density at radius 3 is 2.59 bits per heavy atom. The second-order valence-electron chi connectivity index (χ2n) is 7.11. The lowest BCUT2D eigenvalue weighted by Gasteiger charge is -2.04. The number of aromatic nitrogens is 3. The van der Waals surface area contributed by atoms with Crippen molar-refractivity contribution in [3.05, 3.63) is 91.4 Å². The van der Waals surface area contributed by atoms with Gasteiger partial charge in [-0.2, -0.15) is 9.50 Å². The third kappa shape index (κ3) is 3.84. The van der Waals surface area contributed by atoms with E-state index in [4.69, 9.17) is 9.15 Å². The van der Waals surface area contributed by atoms with Gasteiger partial charge in [-0.25, -0.2) is 0 Å².